The number of benzene rings is 2. The summed E-state index contributed by atoms with van der Waals surface area (Å²) in [6.45, 7) is 5.19. The predicted octanol–water partition coefficient (Wildman–Crippen LogP) is 6.53. The largest absolute Gasteiger partial charge is 0.475 e. The Labute approximate surface area is 264 Å². The number of anilines is 1. The second kappa shape index (κ2) is 12.4. The highest BCUT2D eigenvalue weighted by Gasteiger charge is 2.34. The van der Waals surface area contributed by atoms with Gasteiger partial charge in [-0.1, -0.05) is 30.3 Å². The van der Waals surface area contributed by atoms with Gasteiger partial charge in [-0.25, -0.2) is 9.37 Å². The van der Waals surface area contributed by atoms with E-state index >= 15 is 0 Å². The molecule has 8 nitrogen and oxygen atoms in total. The third kappa shape index (κ3) is 5.46. The number of thiophene rings is 1. The van der Waals surface area contributed by atoms with Gasteiger partial charge in [0.2, 0.25) is 5.88 Å². The van der Waals surface area contributed by atoms with Gasteiger partial charge in [0.05, 0.1) is 29.7 Å². The summed E-state index contributed by atoms with van der Waals surface area (Å²) in [6, 6.07) is 16.0. The Morgan fingerprint density at radius 1 is 1.18 bits per heavy atom. The van der Waals surface area contributed by atoms with Gasteiger partial charge in [-0.05, 0) is 61.6 Å². The molecule has 4 heterocycles. The Balaban J connectivity index is 1.49. The predicted molar refractivity (Wildman–Crippen MR) is 172 cm³/mol. The van der Waals surface area contributed by atoms with Crippen LogP contribution in [0.3, 0.4) is 0 Å². The number of carbonyl (C=O) groups is 1. The quantitative estimate of drug-likeness (QED) is 0.215. The van der Waals surface area contributed by atoms with Crippen molar-refractivity contribution in [1.82, 2.24) is 14.8 Å². The average molecular weight is 629 g/mol. The summed E-state index contributed by atoms with van der Waals surface area (Å²) in [6.07, 6.45) is 2.07. The Bertz CT molecular complexity index is 1860. The van der Waals surface area contributed by atoms with Gasteiger partial charge < -0.3 is 19.4 Å². The molecule has 2 aromatic carbocycles. The number of likely N-dealkylation sites (tertiary alicyclic amines) is 1. The van der Waals surface area contributed by atoms with Crippen LogP contribution >= 0.6 is 22.9 Å². The molecule has 0 unspecified atom stereocenters. The second-order valence-electron chi connectivity index (χ2n) is 11.2. The van der Waals surface area contributed by atoms with Gasteiger partial charge in [0.1, 0.15) is 18.2 Å². The van der Waals surface area contributed by atoms with Crippen molar-refractivity contribution in [2.45, 2.75) is 31.3 Å². The first-order valence-electron chi connectivity index (χ1n) is 14.4. The molecule has 1 amide bonds. The Hall–Kier alpha value is -4.22. The summed E-state index contributed by atoms with van der Waals surface area (Å²) in [7, 11) is 2.06. The van der Waals surface area contributed by atoms with Crippen LogP contribution in [0, 0.1) is 22.7 Å². The number of nitrogens with zero attached hydrogens (tertiary/aromatic N) is 6. The number of hydrogen-bond acceptors (Lipinski definition) is 8. The monoisotopic (exact) mass is 628 g/mol. The Morgan fingerprint density at radius 2 is 2.02 bits per heavy atom. The van der Waals surface area contributed by atoms with Gasteiger partial charge in [0, 0.05) is 51.7 Å². The number of amides is 1. The molecule has 6 rings (SSSR count). The first-order valence-corrected chi connectivity index (χ1v) is 15.7. The third-order valence-electron chi connectivity index (χ3n) is 8.61. The highest BCUT2D eigenvalue weighted by atomic mass is 35.5. The number of carbonyl (C=O) groups excluding carboxylic acids is 1. The van der Waals surface area contributed by atoms with Crippen molar-refractivity contribution in [2.75, 3.05) is 44.7 Å². The molecule has 2 aliphatic heterocycles. The lowest BCUT2D eigenvalue weighted by Gasteiger charge is -2.42. The fourth-order valence-electron chi connectivity index (χ4n) is 6.34. The molecule has 2 aliphatic rings. The number of ether oxygens (including phenoxy) is 1. The van der Waals surface area contributed by atoms with Gasteiger partial charge in [0.25, 0.3) is 5.91 Å². The van der Waals surface area contributed by atoms with Crippen LogP contribution in [0.25, 0.3) is 32.1 Å². The number of halogens is 2. The number of pyridine rings is 1. The molecule has 2 atom stereocenters. The van der Waals surface area contributed by atoms with Crippen LogP contribution in [0.15, 0.2) is 54.2 Å². The average Bonchev–Trinajstić information content (AvgIpc) is 3.67. The van der Waals surface area contributed by atoms with Crippen molar-refractivity contribution in [3.63, 3.8) is 0 Å². The Kier molecular flexibility index (Phi) is 8.42. The number of piperazine rings is 1. The van der Waals surface area contributed by atoms with E-state index in [4.69, 9.17) is 21.3 Å². The van der Waals surface area contributed by atoms with Crippen molar-refractivity contribution in [3.05, 3.63) is 64.8 Å². The summed E-state index contributed by atoms with van der Waals surface area (Å²) in [4.78, 5) is 23.0. The molecule has 0 saturated carbocycles. The molecule has 11 heteroatoms. The molecular formula is C33H30ClFN6O2S. The van der Waals surface area contributed by atoms with Crippen LogP contribution < -0.4 is 9.64 Å². The number of hydrogen-bond donors (Lipinski definition) is 0. The van der Waals surface area contributed by atoms with E-state index in [1.807, 2.05) is 34.5 Å². The van der Waals surface area contributed by atoms with Crippen LogP contribution in [0.2, 0.25) is 5.02 Å². The molecule has 2 aromatic heterocycles. The normalized spacial score (nSPS) is 18.8. The lowest BCUT2D eigenvalue weighted by Crippen LogP contribution is -2.55. The summed E-state index contributed by atoms with van der Waals surface area (Å²) >= 11 is 8.64. The fourth-order valence-corrected chi connectivity index (χ4v) is 7.42. The lowest BCUT2D eigenvalue weighted by atomic mass is 9.98. The van der Waals surface area contributed by atoms with Crippen molar-refractivity contribution < 1.29 is 13.9 Å². The first-order chi connectivity index (χ1) is 21.3. The highest BCUT2D eigenvalue weighted by molar-refractivity contribution is 7.17. The standard InChI is InChI=1S/C33H30ClFN6O2S/c1-20(35)33(42)41-13-12-40(18-21(41)8-10-36)31-26-15-28(34)25(23-6-3-7-30-24(23)9-14-44-30)16-29(26)38-32(27(31)17-37)43-19-22-5-4-11-39(22)2/h3,6-7,9,14-16,21-22H,1,4-5,8,11-13,18-19H2,2H3/t21-,22-/m0/s1. The van der Waals surface area contributed by atoms with Crippen LogP contribution in [0.4, 0.5) is 10.1 Å². The van der Waals surface area contributed by atoms with Gasteiger partial charge in [-0.2, -0.15) is 10.5 Å². The van der Waals surface area contributed by atoms with Crippen LogP contribution in [0.1, 0.15) is 24.8 Å². The van der Waals surface area contributed by atoms with E-state index in [2.05, 4.69) is 42.8 Å². The summed E-state index contributed by atoms with van der Waals surface area (Å²) in [5.41, 5.74) is 3.22. The number of aromatic nitrogens is 1. The van der Waals surface area contributed by atoms with Crippen LogP contribution in [-0.4, -0.2) is 72.6 Å². The maximum atomic E-state index is 13.9. The van der Waals surface area contributed by atoms with Crippen molar-refractivity contribution in [3.8, 4) is 29.1 Å². The maximum Gasteiger partial charge on any atom is 0.282 e. The SMILES string of the molecule is C=C(F)C(=O)N1CCN(c2c(C#N)c(OC[C@@H]3CCCN3C)nc3cc(-c4cccc5sccc45)c(Cl)cc23)C[C@@H]1CC#N. The smallest absolute Gasteiger partial charge is 0.282 e. The highest BCUT2D eigenvalue weighted by Crippen LogP contribution is 2.43. The summed E-state index contributed by atoms with van der Waals surface area (Å²) in [5.74, 6) is -1.67. The molecule has 0 aliphatic carbocycles. The van der Waals surface area contributed by atoms with Crippen molar-refractivity contribution >= 4 is 55.5 Å². The zero-order valence-corrected chi connectivity index (χ0v) is 25.8. The minimum absolute atomic E-state index is 0.00660. The molecule has 2 fully saturated rings. The number of nitriles is 2. The molecule has 0 N–H and O–H groups in total. The molecule has 0 bridgehead atoms. The topological polar surface area (TPSA) is 96.5 Å². The molecule has 0 spiro atoms. The number of rotatable bonds is 7. The maximum absolute atomic E-state index is 13.9. The van der Waals surface area contributed by atoms with E-state index in [1.54, 1.807) is 11.3 Å². The van der Waals surface area contributed by atoms with E-state index in [0.29, 0.717) is 34.8 Å². The fraction of sp³-hybridized carbons (Fsp3) is 0.333. The van der Waals surface area contributed by atoms with E-state index in [-0.39, 0.29) is 37.0 Å². The third-order valence-corrected chi connectivity index (χ3v) is 9.81. The molecule has 4 aromatic rings. The van der Waals surface area contributed by atoms with Crippen LogP contribution in [0.5, 0.6) is 5.88 Å². The molecule has 44 heavy (non-hydrogen) atoms. The van der Waals surface area contributed by atoms with E-state index < -0.39 is 17.8 Å². The summed E-state index contributed by atoms with van der Waals surface area (Å²) in [5, 5.41) is 24.3. The second-order valence-corrected chi connectivity index (χ2v) is 12.5. The van der Waals surface area contributed by atoms with Gasteiger partial charge in [-0.15, -0.1) is 11.3 Å². The summed E-state index contributed by atoms with van der Waals surface area (Å²) < 4.78 is 21.3. The van der Waals surface area contributed by atoms with E-state index in [0.717, 1.165) is 40.6 Å². The van der Waals surface area contributed by atoms with Crippen LogP contribution in [-0.2, 0) is 4.79 Å². The molecule has 224 valence electrons. The van der Waals surface area contributed by atoms with E-state index in [1.165, 1.54) is 4.90 Å². The van der Waals surface area contributed by atoms with Crippen molar-refractivity contribution in [1.29, 1.82) is 10.5 Å². The zero-order chi connectivity index (χ0) is 31.0. The minimum atomic E-state index is -1.07. The van der Waals surface area contributed by atoms with Crippen molar-refractivity contribution in [2.24, 2.45) is 0 Å². The Morgan fingerprint density at radius 3 is 2.75 bits per heavy atom. The van der Waals surface area contributed by atoms with Gasteiger partial charge in [0.15, 0.2) is 5.83 Å². The molecule has 0 radical (unpaired) electrons. The van der Waals surface area contributed by atoms with Gasteiger partial charge in [-0.3, -0.25) is 4.79 Å². The lowest BCUT2D eigenvalue weighted by molar-refractivity contribution is -0.131. The van der Waals surface area contributed by atoms with Gasteiger partial charge >= 0.3 is 0 Å². The minimum Gasteiger partial charge on any atom is -0.475 e. The van der Waals surface area contributed by atoms with E-state index in [9.17, 15) is 19.7 Å². The first kappa shape index (κ1) is 29.8. The molecule has 2 saturated heterocycles. The molecular weight excluding hydrogens is 599 g/mol. The number of likely N-dealkylation sites (N-methyl/N-ethyl adjacent to an activating group) is 1. The number of fused-ring (bicyclic) bond motifs is 2. The zero-order valence-electron chi connectivity index (χ0n) is 24.2.